The number of carbonyl (C=O) groups excluding carboxylic acids is 1. The fraction of sp³-hybridized carbons (Fsp3) is 0.400. The third-order valence-electron chi connectivity index (χ3n) is 3.01. The van der Waals surface area contributed by atoms with E-state index in [0.717, 1.165) is 30.6 Å². The van der Waals surface area contributed by atoms with Crippen LogP contribution in [0.5, 0.6) is 0 Å². The summed E-state index contributed by atoms with van der Waals surface area (Å²) < 4.78 is 0. The van der Waals surface area contributed by atoms with Gasteiger partial charge in [-0.05, 0) is 36.3 Å². The maximum absolute atomic E-state index is 11.7. The first kappa shape index (κ1) is 14.5. The van der Waals surface area contributed by atoms with Crippen LogP contribution in [0.15, 0.2) is 46.2 Å². The van der Waals surface area contributed by atoms with Crippen molar-refractivity contribution < 1.29 is 4.79 Å². The van der Waals surface area contributed by atoms with Crippen LogP contribution in [0.25, 0.3) is 0 Å². The van der Waals surface area contributed by atoms with E-state index >= 15 is 0 Å². The van der Waals surface area contributed by atoms with E-state index in [1.165, 1.54) is 4.90 Å². The number of carbonyl (C=O) groups is 1. The minimum Gasteiger partial charge on any atom is -0.349 e. The Kier molecular flexibility index (Phi) is 5.80. The van der Waals surface area contributed by atoms with E-state index in [-0.39, 0.29) is 11.9 Å². The highest BCUT2D eigenvalue weighted by atomic mass is 35.5. The second-order valence-corrected chi connectivity index (χ2v) is 6.20. The molecule has 0 aliphatic carbocycles. The quantitative estimate of drug-likeness (QED) is 0.636. The van der Waals surface area contributed by atoms with Gasteiger partial charge in [-0.2, -0.15) is 0 Å². The summed E-state index contributed by atoms with van der Waals surface area (Å²) in [4.78, 5) is 14.0. The standard InChI is InChI=1S/C15H18ClNOS/c16-9-5-4-6-12-10-14(11-15(18)17-12)19-13-7-2-1-3-8-13/h1-3,7-8,11-12H,4-6,9-10H2,(H,17,18). The Hall–Kier alpha value is -0.930. The SMILES string of the molecule is O=C1C=C(Sc2ccccc2)CC(CCCCCl)N1. The van der Waals surface area contributed by atoms with Crippen LogP contribution < -0.4 is 5.32 Å². The van der Waals surface area contributed by atoms with Gasteiger partial charge in [0.25, 0.3) is 0 Å². The van der Waals surface area contributed by atoms with Gasteiger partial charge < -0.3 is 5.32 Å². The predicted molar refractivity (Wildman–Crippen MR) is 81.5 cm³/mol. The van der Waals surface area contributed by atoms with Crippen molar-refractivity contribution >= 4 is 29.3 Å². The van der Waals surface area contributed by atoms with Gasteiger partial charge in [0.1, 0.15) is 0 Å². The van der Waals surface area contributed by atoms with Crippen LogP contribution in [0, 0.1) is 0 Å². The molecule has 1 atom stereocenters. The number of hydrogen-bond donors (Lipinski definition) is 1. The third kappa shape index (κ3) is 4.92. The molecule has 0 radical (unpaired) electrons. The fourth-order valence-corrected chi connectivity index (χ4v) is 3.35. The molecule has 1 aromatic rings. The summed E-state index contributed by atoms with van der Waals surface area (Å²) in [5, 5.41) is 3.02. The monoisotopic (exact) mass is 295 g/mol. The molecule has 0 saturated heterocycles. The first-order valence-corrected chi connectivity index (χ1v) is 7.93. The van der Waals surface area contributed by atoms with E-state index < -0.39 is 0 Å². The molecule has 0 bridgehead atoms. The predicted octanol–water partition coefficient (Wildman–Crippen LogP) is 3.96. The van der Waals surface area contributed by atoms with Crippen LogP contribution in [0.3, 0.4) is 0 Å². The van der Waals surface area contributed by atoms with Crippen molar-refractivity contribution in [2.75, 3.05) is 5.88 Å². The van der Waals surface area contributed by atoms with Gasteiger partial charge in [-0.15, -0.1) is 11.6 Å². The van der Waals surface area contributed by atoms with E-state index in [0.29, 0.717) is 5.88 Å². The summed E-state index contributed by atoms with van der Waals surface area (Å²) in [6, 6.07) is 10.4. The smallest absolute Gasteiger partial charge is 0.245 e. The molecule has 1 aromatic carbocycles. The minimum absolute atomic E-state index is 0.0283. The van der Waals surface area contributed by atoms with Gasteiger partial charge in [0, 0.05) is 22.9 Å². The Bertz CT molecular complexity index is 447. The van der Waals surface area contributed by atoms with E-state index in [2.05, 4.69) is 17.4 Å². The molecule has 0 aromatic heterocycles. The zero-order valence-corrected chi connectivity index (χ0v) is 12.3. The van der Waals surface area contributed by atoms with Crippen molar-refractivity contribution in [3.8, 4) is 0 Å². The normalized spacial score (nSPS) is 18.9. The second-order valence-electron chi connectivity index (χ2n) is 4.62. The summed E-state index contributed by atoms with van der Waals surface area (Å²) in [7, 11) is 0. The van der Waals surface area contributed by atoms with Gasteiger partial charge in [0.05, 0.1) is 0 Å². The maximum Gasteiger partial charge on any atom is 0.245 e. The molecule has 1 heterocycles. The van der Waals surface area contributed by atoms with Crippen LogP contribution in [0.4, 0.5) is 0 Å². The van der Waals surface area contributed by atoms with Crippen molar-refractivity contribution in [2.24, 2.45) is 0 Å². The lowest BCUT2D eigenvalue weighted by molar-refractivity contribution is -0.117. The van der Waals surface area contributed by atoms with Gasteiger partial charge in [-0.3, -0.25) is 4.79 Å². The summed E-state index contributed by atoms with van der Waals surface area (Å²) >= 11 is 7.37. The Morgan fingerprint density at radius 3 is 2.79 bits per heavy atom. The summed E-state index contributed by atoms with van der Waals surface area (Å²) in [6.45, 7) is 0. The van der Waals surface area contributed by atoms with Crippen molar-refractivity contribution in [1.29, 1.82) is 0 Å². The fourth-order valence-electron chi connectivity index (χ4n) is 2.11. The molecule has 2 nitrogen and oxygen atoms in total. The number of rotatable bonds is 6. The summed E-state index contributed by atoms with van der Waals surface area (Å²) in [6.07, 6.45) is 5.73. The zero-order valence-electron chi connectivity index (χ0n) is 10.8. The molecule has 0 spiro atoms. The van der Waals surface area contributed by atoms with Crippen LogP contribution in [-0.2, 0) is 4.79 Å². The molecule has 0 fully saturated rings. The second kappa shape index (κ2) is 7.61. The molecule has 4 heteroatoms. The number of hydrogen-bond acceptors (Lipinski definition) is 2. The van der Waals surface area contributed by atoms with Crippen LogP contribution in [0.1, 0.15) is 25.7 Å². The van der Waals surface area contributed by atoms with Crippen molar-refractivity contribution in [3.05, 3.63) is 41.3 Å². The molecular formula is C15H18ClNOS. The number of thioether (sulfide) groups is 1. The Morgan fingerprint density at radius 2 is 2.05 bits per heavy atom. The molecule has 1 unspecified atom stereocenters. The number of amides is 1. The van der Waals surface area contributed by atoms with Gasteiger partial charge in [0.15, 0.2) is 0 Å². The average Bonchev–Trinajstić information content (AvgIpc) is 2.39. The van der Waals surface area contributed by atoms with Gasteiger partial charge >= 0.3 is 0 Å². The van der Waals surface area contributed by atoms with Crippen molar-refractivity contribution in [3.63, 3.8) is 0 Å². The third-order valence-corrected chi connectivity index (χ3v) is 4.34. The molecule has 102 valence electrons. The van der Waals surface area contributed by atoms with E-state index in [1.54, 1.807) is 17.8 Å². The highest BCUT2D eigenvalue weighted by molar-refractivity contribution is 8.03. The van der Waals surface area contributed by atoms with Crippen LogP contribution >= 0.6 is 23.4 Å². The van der Waals surface area contributed by atoms with Gasteiger partial charge in [0.2, 0.25) is 5.91 Å². The molecule has 2 rings (SSSR count). The van der Waals surface area contributed by atoms with Crippen LogP contribution in [0.2, 0.25) is 0 Å². The lowest BCUT2D eigenvalue weighted by Gasteiger charge is -2.23. The van der Waals surface area contributed by atoms with Crippen LogP contribution in [-0.4, -0.2) is 17.8 Å². The lowest BCUT2D eigenvalue weighted by Crippen LogP contribution is -2.37. The lowest BCUT2D eigenvalue weighted by atomic mass is 10.0. The topological polar surface area (TPSA) is 29.1 Å². The average molecular weight is 296 g/mol. The Balaban J connectivity index is 1.91. The molecule has 0 saturated carbocycles. The molecule has 19 heavy (non-hydrogen) atoms. The Morgan fingerprint density at radius 1 is 1.26 bits per heavy atom. The first-order chi connectivity index (χ1) is 9.28. The summed E-state index contributed by atoms with van der Waals surface area (Å²) in [5.41, 5.74) is 0. The van der Waals surface area contributed by atoms with E-state index in [1.807, 2.05) is 18.2 Å². The number of halogens is 1. The van der Waals surface area contributed by atoms with E-state index in [4.69, 9.17) is 11.6 Å². The van der Waals surface area contributed by atoms with E-state index in [9.17, 15) is 4.79 Å². The molecule has 1 aliphatic rings. The number of benzene rings is 1. The highest BCUT2D eigenvalue weighted by Gasteiger charge is 2.19. The number of nitrogens with one attached hydrogen (secondary N) is 1. The Labute approximate surface area is 123 Å². The molecular weight excluding hydrogens is 278 g/mol. The largest absolute Gasteiger partial charge is 0.349 e. The minimum atomic E-state index is 0.0283. The highest BCUT2D eigenvalue weighted by Crippen LogP contribution is 2.31. The van der Waals surface area contributed by atoms with Gasteiger partial charge in [-0.25, -0.2) is 0 Å². The number of unbranched alkanes of at least 4 members (excludes halogenated alkanes) is 1. The van der Waals surface area contributed by atoms with Gasteiger partial charge in [-0.1, -0.05) is 36.4 Å². The number of alkyl halides is 1. The molecule has 1 N–H and O–H groups in total. The van der Waals surface area contributed by atoms with Crippen molar-refractivity contribution in [2.45, 2.75) is 36.6 Å². The maximum atomic E-state index is 11.7. The summed E-state index contributed by atoms with van der Waals surface area (Å²) in [5.74, 6) is 0.725. The molecule has 1 aliphatic heterocycles. The molecule has 1 amide bonds. The first-order valence-electron chi connectivity index (χ1n) is 6.58. The van der Waals surface area contributed by atoms with Crippen molar-refractivity contribution in [1.82, 2.24) is 5.32 Å². The zero-order chi connectivity index (χ0) is 13.5.